The molecule has 0 radical (unpaired) electrons. The standard InChI is InChI=1S/C18H22FN5O/c1-4-9-24(10-5-2)18-20-15-14(12-7-6-8-13(19)11-12)22-23(3)16(15)17(25)21-18/h6-8,11H,4-5,9-10H2,1-3H3,(H,20,21,25). The van der Waals surface area contributed by atoms with Gasteiger partial charge in [-0.2, -0.15) is 5.10 Å². The van der Waals surface area contributed by atoms with Crippen LogP contribution in [0, 0.1) is 5.82 Å². The molecule has 0 saturated carbocycles. The summed E-state index contributed by atoms with van der Waals surface area (Å²) in [7, 11) is 1.69. The first-order valence-electron chi connectivity index (χ1n) is 8.53. The highest BCUT2D eigenvalue weighted by Gasteiger charge is 2.18. The summed E-state index contributed by atoms with van der Waals surface area (Å²) in [5.41, 5.74) is 1.75. The molecule has 0 bridgehead atoms. The summed E-state index contributed by atoms with van der Waals surface area (Å²) in [6, 6.07) is 6.17. The topological polar surface area (TPSA) is 66.8 Å². The van der Waals surface area contributed by atoms with Crippen molar-refractivity contribution >= 4 is 17.0 Å². The Hall–Kier alpha value is -2.70. The van der Waals surface area contributed by atoms with Crippen molar-refractivity contribution in [1.82, 2.24) is 19.7 Å². The van der Waals surface area contributed by atoms with Gasteiger partial charge < -0.3 is 4.90 Å². The lowest BCUT2D eigenvalue weighted by Crippen LogP contribution is -2.29. The molecule has 0 unspecified atom stereocenters. The number of benzene rings is 1. The molecule has 132 valence electrons. The van der Waals surface area contributed by atoms with Crippen LogP contribution in [0.1, 0.15) is 26.7 Å². The Morgan fingerprint density at radius 2 is 1.96 bits per heavy atom. The van der Waals surface area contributed by atoms with E-state index < -0.39 is 0 Å². The number of hydrogen-bond donors (Lipinski definition) is 1. The van der Waals surface area contributed by atoms with Crippen LogP contribution < -0.4 is 10.5 Å². The number of H-pyrrole nitrogens is 1. The molecule has 1 aromatic carbocycles. The molecule has 3 aromatic rings. The highest BCUT2D eigenvalue weighted by Crippen LogP contribution is 2.26. The van der Waals surface area contributed by atoms with Gasteiger partial charge in [-0.3, -0.25) is 14.5 Å². The zero-order valence-corrected chi connectivity index (χ0v) is 14.7. The summed E-state index contributed by atoms with van der Waals surface area (Å²) in [5.74, 6) is 0.187. The van der Waals surface area contributed by atoms with Crippen LogP contribution in [-0.4, -0.2) is 32.8 Å². The number of rotatable bonds is 6. The Bertz CT molecular complexity index is 940. The van der Waals surface area contributed by atoms with Crippen molar-refractivity contribution in [1.29, 1.82) is 0 Å². The Labute approximate surface area is 145 Å². The fourth-order valence-electron chi connectivity index (χ4n) is 3.01. The van der Waals surface area contributed by atoms with Crippen molar-refractivity contribution in [3.05, 3.63) is 40.4 Å². The quantitative estimate of drug-likeness (QED) is 0.747. The molecule has 0 aliphatic rings. The second-order valence-corrected chi connectivity index (χ2v) is 6.06. The lowest BCUT2D eigenvalue weighted by atomic mass is 10.1. The minimum absolute atomic E-state index is 0.241. The van der Waals surface area contributed by atoms with Crippen molar-refractivity contribution in [2.24, 2.45) is 7.05 Å². The van der Waals surface area contributed by atoms with E-state index >= 15 is 0 Å². The monoisotopic (exact) mass is 343 g/mol. The second kappa shape index (κ2) is 7.04. The predicted octanol–water partition coefficient (Wildman–Crippen LogP) is 3.09. The van der Waals surface area contributed by atoms with E-state index in [0.29, 0.717) is 28.2 Å². The summed E-state index contributed by atoms with van der Waals surface area (Å²) in [6.07, 6.45) is 1.90. The maximum absolute atomic E-state index is 13.6. The summed E-state index contributed by atoms with van der Waals surface area (Å²) in [4.78, 5) is 22.2. The average molecular weight is 343 g/mol. The molecule has 0 amide bonds. The lowest BCUT2D eigenvalue weighted by Gasteiger charge is -2.21. The van der Waals surface area contributed by atoms with E-state index in [1.54, 1.807) is 19.2 Å². The van der Waals surface area contributed by atoms with Crippen LogP contribution in [0.25, 0.3) is 22.3 Å². The smallest absolute Gasteiger partial charge is 0.278 e. The predicted molar refractivity (Wildman–Crippen MR) is 97.3 cm³/mol. The third-order valence-electron chi connectivity index (χ3n) is 4.06. The highest BCUT2D eigenvalue weighted by atomic mass is 19.1. The first-order valence-corrected chi connectivity index (χ1v) is 8.53. The van der Waals surface area contributed by atoms with Crippen molar-refractivity contribution in [3.8, 4) is 11.3 Å². The van der Waals surface area contributed by atoms with E-state index in [-0.39, 0.29) is 11.4 Å². The highest BCUT2D eigenvalue weighted by molar-refractivity contribution is 5.90. The molecule has 0 fully saturated rings. The van der Waals surface area contributed by atoms with Crippen LogP contribution in [0.2, 0.25) is 0 Å². The van der Waals surface area contributed by atoms with Crippen LogP contribution in [0.4, 0.5) is 10.3 Å². The van der Waals surface area contributed by atoms with Crippen molar-refractivity contribution in [2.75, 3.05) is 18.0 Å². The number of halogens is 1. The first-order chi connectivity index (χ1) is 12.0. The van der Waals surface area contributed by atoms with Gasteiger partial charge in [0.1, 0.15) is 17.0 Å². The van der Waals surface area contributed by atoms with Gasteiger partial charge in [-0.25, -0.2) is 9.37 Å². The molecule has 0 spiro atoms. The van der Waals surface area contributed by atoms with E-state index in [1.807, 2.05) is 0 Å². The zero-order valence-electron chi connectivity index (χ0n) is 14.7. The van der Waals surface area contributed by atoms with Crippen LogP contribution in [0.5, 0.6) is 0 Å². The number of nitrogens with zero attached hydrogens (tertiary/aromatic N) is 4. The second-order valence-electron chi connectivity index (χ2n) is 6.06. The third-order valence-corrected chi connectivity index (χ3v) is 4.06. The number of hydrogen-bond acceptors (Lipinski definition) is 4. The maximum atomic E-state index is 13.6. The molecule has 6 nitrogen and oxygen atoms in total. The van der Waals surface area contributed by atoms with Gasteiger partial charge in [0.2, 0.25) is 5.95 Å². The van der Waals surface area contributed by atoms with E-state index in [1.165, 1.54) is 16.8 Å². The molecule has 7 heteroatoms. The molecule has 0 aliphatic heterocycles. The van der Waals surface area contributed by atoms with Gasteiger partial charge in [-0.1, -0.05) is 26.0 Å². The normalized spacial score (nSPS) is 11.2. The van der Waals surface area contributed by atoms with Gasteiger partial charge in [0.05, 0.1) is 0 Å². The Morgan fingerprint density at radius 1 is 1.24 bits per heavy atom. The molecule has 0 aliphatic carbocycles. The summed E-state index contributed by atoms with van der Waals surface area (Å²) in [6.45, 7) is 5.78. The minimum atomic E-state index is -0.347. The van der Waals surface area contributed by atoms with Gasteiger partial charge in [-0.15, -0.1) is 0 Å². The van der Waals surface area contributed by atoms with Gasteiger partial charge >= 0.3 is 0 Å². The molecule has 0 saturated heterocycles. The van der Waals surface area contributed by atoms with Crippen molar-refractivity contribution in [3.63, 3.8) is 0 Å². The van der Waals surface area contributed by atoms with Crippen LogP contribution >= 0.6 is 0 Å². The Kier molecular flexibility index (Phi) is 4.83. The number of aromatic nitrogens is 4. The zero-order chi connectivity index (χ0) is 18.0. The third kappa shape index (κ3) is 3.26. The van der Waals surface area contributed by atoms with E-state index in [2.05, 4.69) is 33.8 Å². The van der Waals surface area contributed by atoms with Gasteiger partial charge in [0, 0.05) is 25.7 Å². The molecule has 1 N–H and O–H groups in total. The Morgan fingerprint density at radius 3 is 2.60 bits per heavy atom. The fraction of sp³-hybridized carbons (Fsp3) is 0.389. The van der Waals surface area contributed by atoms with Crippen LogP contribution in [0.3, 0.4) is 0 Å². The van der Waals surface area contributed by atoms with Crippen LogP contribution in [-0.2, 0) is 7.05 Å². The molecule has 2 aromatic heterocycles. The van der Waals surface area contributed by atoms with E-state index in [0.717, 1.165) is 25.9 Å². The molecule has 2 heterocycles. The van der Waals surface area contributed by atoms with E-state index in [4.69, 9.17) is 0 Å². The van der Waals surface area contributed by atoms with Crippen molar-refractivity contribution in [2.45, 2.75) is 26.7 Å². The molecular formula is C18H22FN5O. The maximum Gasteiger partial charge on any atom is 0.278 e. The van der Waals surface area contributed by atoms with Gasteiger partial charge in [0.15, 0.2) is 5.52 Å². The molecule has 3 rings (SSSR count). The number of aromatic amines is 1. The number of fused-ring (bicyclic) bond motifs is 1. The average Bonchev–Trinajstić information content (AvgIpc) is 2.92. The van der Waals surface area contributed by atoms with E-state index in [9.17, 15) is 9.18 Å². The molecular weight excluding hydrogens is 321 g/mol. The van der Waals surface area contributed by atoms with Gasteiger partial charge in [0.25, 0.3) is 5.56 Å². The van der Waals surface area contributed by atoms with Crippen LogP contribution in [0.15, 0.2) is 29.1 Å². The molecule has 25 heavy (non-hydrogen) atoms. The summed E-state index contributed by atoms with van der Waals surface area (Å²) < 4.78 is 15.1. The van der Waals surface area contributed by atoms with Crippen molar-refractivity contribution < 1.29 is 4.39 Å². The number of anilines is 1. The largest absolute Gasteiger partial charge is 0.342 e. The fourth-order valence-corrected chi connectivity index (χ4v) is 3.01. The first kappa shape index (κ1) is 17.1. The lowest BCUT2D eigenvalue weighted by molar-refractivity contribution is 0.628. The Balaban J connectivity index is 2.21. The SMILES string of the molecule is CCCN(CCC)c1nc2c(-c3cccc(F)c3)nn(C)c2c(=O)[nH]1. The van der Waals surface area contributed by atoms with Gasteiger partial charge in [-0.05, 0) is 25.0 Å². The summed E-state index contributed by atoms with van der Waals surface area (Å²) in [5, 5.41) is 4.40. The number of nitrogens with one attached hydrogen (secondary N) is 1. The number of aryl methyl sites for hydroxylation is 1. The molecule has 0 atom stereocenters. The summed E-state index contributed by atoms with van der Waals surface area (Å²) >= 11 is 0. The minimum Gasteiger partial charge on any atom is -0.342 e.